The van der Waals surface area contributed by atoms with Crippen LogP contribution in [0, 0.1) is 10.1 Å². The number of nitrogens with two attached hydrogens (primary N) is 1. The third kappa shape index (κ3) is 1.49. The monoisotopic (exact) mass is 148 g/mol. The van der Waals surface area contributed by atoms with Gasteiger partial charge < -0.3 is 5.73 Å². The fourth-order valence-electron chi connectivity index (χ4n) is 0.739. The summed E-state index contributed by atoms with van der Waals surface area (Å²) < 4.78 is 0. The molecular formula is C6H5BN2O2. The Balaban J connectivity index is 3.20. The third-order valence-corrected chi connectivity index (χ3v) is 1.25. The van der Waals surface area contributed by atoms with Crippen molar-refractivity contribution in [1.29, 1.82) is 0 Å². The highest BCUT2D eigenvalue weighted by atomic mass is 16.6. The van der Waals surface area contributed by atoms with Gasteiger partial charge in [0.2, 0.25) is 0 Å². The number of nitrogen functional groups attached to an aromatic ring is 1. The van der Waals surface area contributed by atoms with E-state index in [1.54, 1.807) is 0 Å². The molecule has 0 saturated carbocycles. The Labute approximate surface area is 64.6 Å². The molecule has 0 fully saturated rings. The van der Waals surface area contributed by atoms with E-state index in [-0.39, 0.29) is 11.4 Å². The Hall–Kier alpha value is -1.52. The van der Waals surface area contributed by atoms with Crippen molar-refractivity contribution in [2.45, 2.75) is 0 Å². The topological polar surface area (TPSA) is 69.2 Å². The molecule has 4 nitrogen and oxygen atoms in total. The molecular weight excluding hydrogens is 143 g/mol. The first-order valence-electron chi connectivity index (χ1n) is 2.90. The Morgan fingerprint density at radius 2 is 2.18 bits per heavy atom. The summed E-state index contributed by atoms with van der Waals surface area (Å²) >= 11 is 0. The minimum atomic E-state index is -0.547. The van der Waals surface area contributed by atoms with Gasteiger partial charge in [0.25, 0.3) is 5.69 Å². The van der Waals surface area contributed by atoms with Crippen molar-refractivity contribution in [2.75, 3.05) is 5.73 Å². The molecule has 0 amide bonds. The van der Waals surface area contributed by atoms with Gasteiger partial charge in [-0.2, -0.15) is 0 Å². The van der Waals surface area contributed by atoms with E-state index >= 15 is 0 Å². The lowest BCUT2D eigenvalue weighted by Crippen LogP contribution is -2.05. The van der Waals surface area contributed by atoms with Crippen LogP contribution < -0.4 is 11.2 Å². The minimum Gasteiger partial charge on any atom is -0.393 e. The molecule has 0 aliphatic rings. The molecule has 0 heterocycles. The molecule has 0 saturated heterocycles. The van der Waals surface area contributed by atoms with E-state index in [4.69, 9.17) is 13.6 Å². The standard InChI is InChI=1S/C6H5BN2O2/c7-4-1-2-6(9(10)11)5(8)3-4/h1-3H,8H2. The second-order valence-electron chi connectivity index (χ2n) is 2.08. The summed E-state index contributed by atoms with van der Waals surface area (Å²) in [6.45, 7) is 0. The number of rotatable bonds is 1. The van der Waals surface area contributed by atoms with Crippen molar-refractivity contribution in [3.8, 4) is 0 Å². The SMILES string of the molecule is [B]c1ccc([N+](=O)[O-])c(N)c1. The molecule has 0 spiro atoms. The predicted octanol–water partition coefficient (Wildman–Crippen LogP) is -0.0292. The van der Waals surface area contributed by atoms with E-state index < -0.39 is 4.92 Å². The first-order chi connectivity index (χ1) is 5.11. The Morgan fingerprint density at radius 1 is 1.55 bits per heavy atom. The summed E-state index contributed by atoms with van der Waals surface area (Å²) in [5.41, 5.74) is 5.71. The third-order valence-electron chi connectivity index (χ3n) is 1.25. The summed E-state index contributed by atoms with van der Waals surface area (Å²) in [7, 11) is 5.33. The van der Waals surface area contributed by atoms with E-state index in [1.807, 2.05) is 0 Å². The van der Waals surface area contributed by atoms with Gasteiger partial charge in [-0.05, 0) is 6.07 Å². The average molecular weight is 148 g/mol. The number of anilines is 1. The van der Waals surface area contributed by atoms with Crippen LogP contribution in [0.3, 0.4) is 0 Å². The van der Waals surface area contributed by atoms with Gasteiger partial charge in [-0.3, -0.25) is 10.1 Å². The molecule has 1 rings (SSSR count). The Kier molecular flexibility index (Phi) is 1.80. The van der Waals surface area contributed by atoms with E-state index in [1.165, 1.54) is 18.2 Å². The van der Waals surface area contributed by atoms with E-state index in [9.17, 15) is 10.1 Å². The highest BCUT2D eigenvalue weighted by molar-refractivity contribution is 6.32. The zero-order chi connectivity index (χ0) is 8.43. The van der Waals surface area contributed by atoms with Crippen LogP contribution in [0.2, 0.25) is 0 Å². The fraction of sp³-hybridized carbons (Fsp3) is 0. The molecule has 0 unspecified atom stereocenters. The summed E-state index contributed by atoms with van der Waals surface area (Å²) in [6.07, 6.45) is 0. The zero-order valence-corrected chi connectivity index (χ0v) is 5.65. The lowest BCUT2D eigenvalue weighted by Gasteiger charge is -1.96. The van der Waals surface area contributed by atoms with Crippen LogP contribution >= 0.6 is 0 Å². The molecule has 54 valence electrons. The molecule has 0 bridgehead atoms. The Bertz CT molecular complexity index is 301. The highest BCUT2D eigenvalue weighted by Gasteiger charge is 2.08. The lowest BCUT2D eigenvalue weighted by molar-refractivity contribution is -0.383. The average Bonchev–Trinajstić information content (AvgIpc) is 1.85. The number of nitrogens with zero attached hydrogens (tertiary/aromatic N) is 1. The number of hydrogen-bond donors (Lipinski definition) is 1. The van der Waals surface area contributed by atoms with Crippen molar-refractivity contribution >= 4 is 24.7 Å². The van der Waals surface area contributed by atoms with Crippen LogP contribution in [0.25, 0.3) is 0 Å². The highest BCUT2D eigenvalue weighted by Crippen LogP contribution is 2.17. The van der Waals surface area contributed by atoms with Gasteiger partial charge in [0, 0.05) is 6.07 Å². The van der Waals surface area contributed by atoms with Gasteiger partial charge in [-0.1, -0.05) is 11.5 Å². The molecule has 2 radical (unpaired) electrons. The molecule has 1 aromatic rings. The van der Waals surface area contributed by atoms with Gasteiger partial charge in [-0.15, -0.1) is 0 Å². The molecule has 11 heavy (non-hydrogen) atoms. The zero-order valence-electron chi connectivity index (χ0n) is 5.65. The van der Waals surface area contributed by atoms with Gasteiger partial charge >= 0.3 is 0 Å². The van der Waals surface area contributed by atoms with Crippen molar-refractivity contribution in [2.24, 2.45) is 0 Å². The normalized spacial score (nSPS) is 9.45. The van der Waals surface area contributed by atoms with Crippen molar-refractivity contribution in [3.05, 3.63) is 28.3 Å². The summed E-state index contributed by atoms with van der Waals surface area (Å²) in [5.74, 6) is 0. The van der Waals surface area contributed by atoms with Crippen LogP contribution in [0.4, 0.5) is 11.4 Å². The van der Waals surface area contributed by atoms with E-state index in [2.05, 4.69) is 0 Å². The maximum atomic E-state index is 10.2. The van der Waals surface area contributed by atoms with Gasteiger partial charge in [0.1, 0.15) is 13.5 Å². The van der Waals surface area contributed by atoms with Crippen LogP contribution in [-0.4, -0.2) is 12.8 Å². The second-order valence-corrected chi connectivity index (χ2v) is 2.08. The molecule has 0 aliphatic heterocycles. The fourth-order valence-corrected chi connectivity index (χ4v) is 0.739. The number of hydrogen-bond acceptors (Lipinski definition) is 3. The number of nitro groups is 1. The molecule has 1 aromatic carbocycles. The quantitative estimate of drug-likeness (QED) is 0.263. The summed E-state index contributed by atoms with van der Waals surface area (Å²) in [6, 6.07) is 4.08. The predicted molar refractivity (Wildman–Crippen MR) is 42.9 cm³/mol. The van der Waals surface area contributed by atoms with Crippen LogP contribution in [-0.2, 0) is 0 Å². The number of nitro benzene ring substituents is 1. The molecule has 0 aromatic heterocycles. The largest absolute Gasteiger partial charge is 0.393 e. The van der Waals surface area contributed by atoms with Crippen LogP contribution in [0.5, 0.6) is 0 Å². The van der Waals surface area contributed by atoms with Crippen molar-refractivity contribution < 1.29 is 4.92 Å². The Morgan fingerprint density at radius 3 is 2.64 bits per heavy atom. The van der Waals surface area contributed by atoms with Gasteiger partial charge in [-0.25, -0.2) is 0 Å². The minimum absolute atomic E-state index is 0.0926. The maximum Gasteiger partial charge on any atom is 0.292 e. The maximum absolute atomic E-state index is 10.2. The van der Waals surface area contributed by atoms with Gasteiger partial charge in [0.05, 0.1) is 4.92 Å². The van der Waals surface area contributed by atoms with Crippen molar-refractivity contribution in [1.82, 2.24) is 0 Å². The molecule has 0 atom stereocenters. The first kappa shape index (κ1) is 7.59. The number of benzene rings is 1. The van der Waals surface area contributed by atoms with E-state index in [0.29, 0.717) is 5.46 Å². The van der Waals surface area contributed by atoms with Crippen molar-refractivity contribution in [3.63, 3.8) is 0 Å². The van der Waals surface area contributed by atoms with Gasteiger partial charge in [0.15, 0.2) is 0 Å². The summed E-state index contributed by atoms with van der Waals surface area (Å²) in [5, 5.41) is 10.2. The second kappa shape index (κ2) is 2.61. The van der Waals surface area contributed by atoms with E-state index in [0.717, 1.165) is 0 Å². The summed E-state index contributed by atoms with van der Waals surface area (Å²) in [4.78, 5) is 9.67. The molecule has 5 heteroatoms. The molecule has 0 aliphatic carbocycles. The molecule has 2 N–H and O–H groups in total. The van der Waals surface area contributed by atoms with Crippen LogP contribution in [0.15, 0.2) is 18.2 Å². The lowest BCUT2D eigenvalue weighted by atomic mass is 9.95. The first-order valence-corrected chi connectivity index (χ1v) is 2.90. The van der Waals surface area contributed by atoms with Crippen LogP contribution in [0.1, 0.15) is 0 Å². The smallest absolute Gasteiger partial charge is 0.292 e.